The van der Waals surface area contributed by atoms with Gasteiger partial charge in [-0.25, -0.2) is 0 Å². The maximum absolute atomic E-state index is 11.9. The van der Waals surface area contributed by atoms with Crippen molar-refractivity contribution in [3.05, 3.63) is 18.2 Å². The van der Waals surface area contributed by atoms with E-state index in [1.807, 2.05) is 18.2 Å². The van der Waals surface area contributed by atoms with E-state index in [0.29, 0.717) is 6.42 Å². The van der Waals surface area contributed by atoms with Gasteiger partial charge in [0.15, 0.2) is 0 Å². The minimum absolute atomic E-state index is 0.0498. The number of amides is 1. The Kier molecular flexibility index (Phi) is 3.69. The molecule has 0 saturated carbocycles. The van der Waals surface area contributed by atoms with Gasteiger partial charge in [0, 0.05) is 18.5 Å². The number of rotatable bonds is 2. The quantitative estimate of drug-likeness (QED) is 0.860. The summed E-state index contributed by atoms with van der Waals surface area (Å²) in [5.74, 6) is 0.795. The summed E-state index contributed by atoms with van der Waals surface area (Å²) in [5, 5.41) is 6.39. The third-order valence-corrected chi connectivity index (χ3v) is 3.15. The fraction of sp³-hybridized carbons (Fsp3) is 0.533. The van der Waals surface area contributed by atoms with E-state index < -0.39 is 0 Å². The highest BCUT2D eigenvalue weighted by Gasteiger charge is 2.25. The van der Waals surface area contributed by atoms with Gasteiger partial charge in [-0.2, -0.15) is 0 Å². The topological polar surface area (TPSA) is 50.4 Å². The minimum atomic E-state index is 0.0498. The Labute approximate surface area is 114 Å². The van der Waals surface area contributed by atoms with Crippen molar-refractivity contribution in [2.75, 3.05) is 17.7 Å². The summed E-state index contributed by atoms with van der Waals surface area (Å²) in [5.41, 5.74) is 1.94. The number of fused-ring (bicyclic) bond motifs is 1. The smallest absolute Gasteiger partial charge is 0.226 e. The number of methoxy groups -OCH3 is 1. The molecule has 0 aromatic heterocycles. The van der Waals surface area contributed by atoms with Crippen molar-refractivity contribution < 1.29 is 9.53 Å². The number of ether oxygens (including phenoxy) is 1. The van der Waals surface area contributed by atoms with Gasteiger partial charge in [-0.3, -0.25) is 4.79 Å². The van der Waals surface area contributed by atoms with E-state index in [0.717, 1.165) is 23.5 Å². The van der Waals surface area contributed by atoms with Crippen LogP contribution in [0.15, 0.2) is 18.2 Å². The van der Waals surface area contributed by atoms with Gasteiger partial charge in [0.1, 0.15) is 5.75 Å². The van der Waals surface area contributed by atoms with Crippen LogP contribution in [-0.4, -0.2) is 19.1 Å². The number of nitrogens with one attached hydrogen (secondary N) is 2. The predicted molar refractivity (Wildman–Crippen MR) is 77.7 cm³/mol. The molecular weight excluding hydrogens is 240 g/mol. The zero-order chi connectivity index (χ0) is 14.0. The molecule has 1 atom stereocenters. The Hall–Kier alpha value is -1.71. The van der Waals surface area contributed by atoms with Crippen LogP contribution >= 0.6 is 0 Å². The molecule has 0 saturated heterocycles. The Bertz CT molecular complexity index is 478. The lowest BCUT2D eigenvalue weighted by Gasteiger charge is -2.25. The maximum Gasteiger partial charge on any atom is 0.226 e. The van der Waals surface area contributed by atoms with Gasteiger partial charge in [0.2, 0.25) is 5.91 Å². The molecule has 1 aliphatic rings. The third-order valence-electron chi connectivity index (χ3n) is 3.15. The lowest BCUT2D eigenvalue weighted by atomic mass is 9.87. The summed E-state index contributed by atoms with van der Waals surface area (Å²) in [4.78, 5) is 11.9. The number of benzene rings is 1. The van der Waals surface area contributed by atoms with E-state index in [2.05, 4.69) is 31.4 Å². The Morgan fingerprint density at radius 2 is 2.05 bits per heavy atom. The molecule has 1 aliphatic heterocycles. The van der Waals surface area contributed by atoms with Gasteiger partial charge < -0.3 is 15.4 Å². The van der Waals surface area contributed by atoms with Crippen molar-refractivity contribution in [2.24, 2.45) is 5.41 Å². The van der Waals surface area contributed by atoms with Crippen molar-refractivity contribution in [1.82, 2.24) is 0 Å². The largest absolute Gasteiger partial charge is 0.497 e. The molecule has 19 heavy (non-hydrogen) atoms. The molecule has 1 unspecified atom stereocenters. The standard InChI is InChI=1S/C15H22N2O2/c1-15(2,3)9-10-7-14(18)17-13-8-11(19-4)5-6-12(13)16-10/h5-6,8,10,16H,7,9H2,1-4H3,(H,17,18). The highest BCUT2D eigenvalue weighted by atomic mass is 16.5. The summed E-state index contributed by atoms with van der Waals surface area (Å²) in [6, 6.07) is 5.86. The van der Waals surface area contributed by atoms with Crippen molar-refractivity contribution in [3.8, 4) is 5.75 Å². The monoisotopic (exact) mass is 262 g/mol. The van der Waals surface area contributed by atoms with Crippen molar-refractivity contribution in [2.45, 2.75) is 39.7 Å². The number of anilines is 2. The van der Waals surface area contributed by atoms with Crippen LogP contribution in [0.2, 0.25) is 0 Å². The fourth-order valence-corrected chi connectivity index (χ4v) is 2.44. The highest BCUT2D eigenvalue weighted by Crippen LogP contribution is 2.33. The van der Waals surface area contributed by atoms with E-state index >= 15 is 0 Å². The molecule has 104 valence electrons. The molecule has 1 amide bonds. The third kappa shape index (κ3) is 3.63. The van der Waals surface area contributed by atoms with Crippen LogP contribution in [0.4, 0.5) is 11.4 Å². The molecule has 4 nitrogen and oxygen atoms in total. The highest BCUT2D eigenvalue weighted by molar-refractivity contribution is 5.96. The lowest BCUT2D eigenvalue weighted by Crippen LogP contribution is -2.27. The second kappa shape index (κ2) is 5.11. The second-order valence-corrected chi connectivity index (χ2v) is 6.27. The van der Waals surface area contributed by atoms with Crippen LogP contribution in [0, 0.1) is 5.41 Å². The molecule has 1 aromatic rings. The average molecular weight is 262 g/mol. The Morgan fingerprint density at radius 3 is 2.68 bits per heavy atom. The Morgan fingerprint density at radius 1 is 1.32 bits per heavy atom. The normalized spacial score (nSPS) is 18.9. The van der Waals surface area contributed by atoms with E-state index in [9.17, 15) is 4.79 Å². The van der Waals surface area contributed by atoms with Gasteiger partial charge >= 0.3 is 0 Å². The molecule has 1 aromatic carbocycles. The van der Waals surface area contributed by atoms with Crippen LogP contribution in [-0.2, 0) is 4.79 Å². The van der Waals surface area contributed by atoms with Crippen molar-refractivity contribution in [1.29, 1.82) is 0 Å². The van der Waals surface area contributed by atoms with Crippen LogP contribution in [0.25, 0.3) is 0 Å². The van der Waals surface area contributed by atoms with E-state index in [1.165, 1.54) is 0 Å². The number of carbonyl (C=O) groups is 1. The van der Waals surface area contributed by atoms with Crippen molar-refractivity contribution in [3.63, 3.8) is 0 Å². The molecule has 0 aliphatic carbocycles. The molecule has 0 radical (unpaired) electrons. The van der Waals surface area contributed by atoms with Gasteiger partial charge in [-0.15, -0.1) is 0 Å². The average Bonchev–Trinajstić information content (AvgIpc) is 2.42. The summed E-state index contributed by atoms with van der Waals surface area (Å²) in [6.07, 6.45) is 1.44. The van der Waals surface area contributed by atoms with Gasteiger partial charge in [-0.05, 0) is 24.0 Å². The first-order valence-corrected chi connectivity index (χ1v) is 6.62. The molecule has 0 spiro atoms. The molecule has 0 fully saturated rings. The molecule has 2 N–H and O–H groups in total. The SMILES string of the molecule is COc1ccc2c(c1)NC(=O)CC(CC(C)(C)C)N2. The first-order valence-electron chi connectivity index (χ1n) is 6.62. The van der Waals surface area contributed by atoms with E-state index in [-0.39, 0.29) is 17.4 Å². The summed E-state index contributed by atoms with van der Waals surface area (Å²) in [6.45, 7) is 6.56. The fourth-order valence-electron chi connectivity index (χ4n) is 2.44. The van der Waals surface area contributed by atoms with Crippen LogP contribution < -0.4 is 15.4 Å². The minimum Gasteiger partial charge on any atom is -0.497 e. The number of hydrogen-bond donors (Lipinski definition) is 2. The van der Waals surface area contributed by atoms with Gasteiger partial charge in [-0.1, -0.05) is 20.8 Å². The van der Waals surface area contributed by atoms with Gasteiger partial charge in [0.25, 0.3) is 0 Å². The van der Waals surface area contributed by atoms with E-state index in [1.54, 1.807) is 7.11 Å². The summed E-state index contributed by atoms with van der Waals surface area (Å²) < 4.78 is 5.18. The predicted octanol–water partition coefficient (Wildman–Crippen LogP) is 3.25. The summed E-state index contributed by atoms with van der Waals surface area (Å²) >= 11 is 0. The Balaban J connectivity index is 2.24. The van der Waals surface area contributed by atoms with Crippen molar-refractivity contribution >= 4 is 17.3 Å². The molecular formula is C15H22N2O2. The number of carbonyl (C=O) groups excluding carboxylic acids is 1. The molecule has 1 heterocycles. The summed E-state index contributed by atoms with van der Waals surface area (Å²) in [7, 11) is 1.62. The number of hydrogen-bond acceptors (Lipinski definition) is 3. The lowest BCUT2D eigenvalue weighted by molar-refractivity contribution is -0.116. The maximum atomic E-state index is 11.9. The first kappa shape index (κ1) is 13.7. The molecule has 0 bridgehead atoms. The zero-order valence-electron chi connectivity index (χ0n) is 12.0. The van der Waals surface area contributed by atoms with Crippen LogP contribution in [0.1, 0.15) is 33.6 Å². The van der Waals surface area contributed by atoms with Gasteiger partial charge in [0.05, 0.1) is 18.5 Å². The molecule has 2 rings (SSSR count). The van der Waals surface area contributed by atoms with Crippen LogP contribution in [0.3, 0.4) is 0 Å². The second-order valence-electron chi connectivity index (χ2n) is 6.27. The zero-order valence-corrected chi connectivity index (χ0v) is 12.0. The molecule has 4 heteroatoms. The first-order chi connectivity index (χ1) is 8.87. The van der Waals surface area contributed by atoms with Crippen LogP contribution in [0.5, 0.6) is 5.75 Å². The van der Waals surface area contributed by atoms with E-state index in [4.69, 9.17) is 4.74 Å².